The van der Waals surface area contributed by atoms with Crippen molar-refractivity contribution in [3.63, 3.8) is 0 Å². The molecule has 0 aliphatic carbocycles. The summed E-state index contributed by atoms with van der Waals surface area (Å²) in [6, 6.07) is 9.73. The van der Waals surface area contributed by atoms with Crippen LogP contribution in [-0.2, 0) is 17.8 Å². The lowest BCUT2D eigenvalue weighted by Gasteiger charge is -2.13. The van der Waals surface area contributed by atoms with E-state index in [4.69, 9.17) is 10.2 Å². The maximum atomic E-state index is 11.0. The van der Waals surface area contributed by atoms with Gasteiger partial charge in [-0.1, -0.05) is 30.3 Å². The second kappa shape index (κ2) is 7.31. The van der Waals surface area contributed by atoms with Crippen LogP contribution in [0, 0.1) is 0 Å². The first-order chi connectivity index (χ1) is 10.1. The Morgan fingerprint density at radius 1 is 1.33 bits per heavy atom. The molecule has 1 aromatic heterocycles. The van der Waals surface area contributed by atoms with Gasteiger partial charge in [-0.2, -0.15) is 0 Å². The normalized spacial score (nSPS) is 11.0. The van der Waals surface area contributed by atoms with Gasteiger partial charge in [0.2, 0.25) is 0 Å². The van der Waals surface area contributed by atoms with Gasteiger partial charge < -0.3 is 10.2 Å². The number of hydrogen-bond acceptors (Lipinski definition) is 5. The summed E-state index contributed by atoms with van der Waals surface area (Å²) in [6.45, 7) is 1.22. The standard InChI is InChI=1S/C15H18N2O3S/c1-17(7-8-18)10-13-12(9-14(19)20)16-15(21-13)11-5-3-2-4-6-11/h2-6,18H,7-10H2,1H3,(H,19,20). The van der Waals surface area contributed by atoms with Gasteiger partial charge in [-0.25, -0.2) is 4.98 Å². The molecule has 2 rings (SSSR count). The first kappa shape index (κ1) is 15.6. The predicted octanol–water partition coefficient (Wildman–Crippen LogP) is 1.86. The number of carboxylic acids is 1. The summed E-state index contributed by atoms with van der Waals surface area (Å²) in [5.41, 5.74) is 1.60. The van der Waals surface area contributed by atoms with E-state index in [9.17, 15) is 4.79 Å². The molecule has 112 valence electrons. The molecule has 0 bridgehead atoms. The molecule has 0 atom stereocenters. The molecule has 2 aromatic rings. The highest BCUT2D eigenvalue weighted by molar-refractivity contribution is 7.15. The Labute approximate surface area is 127 Å². The van der Waals surface area contributed by atoms with Crippen molar-refractivity contribution in [3.8, 4) is 10.6 Å². The minimum absolute atomic E-state index is 0.0777. The van der Waals surface area contributed by atoms with Crippen molar-refractivity contribution in [2.45, 2.75) is 13.0 Å². The molecule has 0 aliphatic heterocycles. The van der Waals surface area contributed by atoms with E-state index in [1.165, 1.54) is 11.3 Å². The topological polar surface area (TPSA) is 73.7 Å². The van der Waals surface area contributed by atoms with Crippen LogP contribution in [-0.4, -0.2) is 46.3 Å². The molecule has 2 N–H and O–H groups in total. The van der Waals surface area contributed by atoms with Gasteiger partial charge in [0.25, 0.3) is 0 Å². The molecular weight excluding hydrogens is 288 g/mol. The van der Waals surface area contributed by atoms with Crippen molar-refractivity contribution in [1.82, 2.24) is 9.88 Å². The van der Waals surface area contributed by atoms with E-state index in [0.29, 0.717) is 18.8 Å². The summed E-state index contributed by atoms with van der Waals surface area (Å²) in [6.07, 6.45) is -0.0777. The van der Waals surface area contributed by atoms with Crippen molar-refractivity contribution in [1.29, 1.82) is 0 Å². The maximum absolute atomic E-state index is 11.0. The molecule has 5 nitrogen and oxygen atoms in total. The van der Waals surface area contributed by atoms with E-state index in [2.05, 4.69) is 4.98 Å². The van der Waals surface area contributed by atoms with Crippen LogP contribution in [0.25, 0.3) is 10.6 Å². The van der Waals surface area contributed by atoms with E-state index in [-0.39, 0.29) is 13.0 Å². The molecule has 1 aromatic carbocycles. The minimum atomic E-state index is -0.883. The van der Waals surface area contributed by atoms with Gasteiger partial charge in [-0.3, -0.25) is 9.69 Å². The SMILES string of the molecule is CN(CCO)Cc1sc(-c2ccccc2)nc1CC(=O)O. The third-order valence-corrected chi connectivity index (χ3v) is 4.14. The van der Waals surface area contributed by atoms with Gasteiger partial charge in [-0.05, 0) is 7.05 Å². The summed E-state index contributed by atoms with van der Waals surface area (Å²) < 4.78 is 0. The van der Waals surface area contributed by atoms with Crippen LogP contribution in [0.15, 0.2) is 30.3 Å². The van der Waals surface area contributed by atoms with Crippen molar-refractivity contribution in [2.24, 2.45) is 0 Å². The fourth-order valence-corrected chi connectivity index (χ4v) is 3.15. The molecule has 21 heavy (non-hydrogen) atoms. The Balaban J connectivity index is 2.28. The number of likely N-dealkylation sites (N-methyl/N-ethyl adjacent to an activating group) is 1. The minimum Gasteiger partial charge on any atom is -0.481 e. The van der Waals surface area contributed by atoms with Crippen LogP contribution in [0.5, 0.6) is 0 Å². The highest BCUT2D eigenvalue weighted by Gasteiger charge is 2.16. The van der Waals surface area contributed by atoms with Crippen LogP contribution in [0.1, 0.15) is 10.6 Å². The van der Waals surface area contributed by atoms with Gasteiger partial charge in [0, 0.05) is 23.5 Å². The number of hydrogen-bond donors (Lipinski definition) is 2. The van der Waals surface area contributed by atoms with Gasteiger partial charge in [-0.15, -0.1) is 11.3 Å². The number of aliphatic hydroxyl groups is 1. The molecule has 1 heterocycles. The van der Waals surface area contributed by atoms with Crippen LogP contribution < -0.4 is 0 Å². The van der Waals surface area contributed by atoms with Gasteiger partial charge in [0.1, 0.15) is 5.01 Å². The fourth-order valence-electron chi connectivity index (χ4n) is 1.99. The Morgan fingerprint density at radius 2 is 2.05 bits per heavy atom. The first-order valence-electron chi connectivity index (χ1n) is 6.65. The lowest BCUT2D eigenvalue weighted by molar-refractivity contribution is -0.136. The number of carboxylic acid groups (broad SMARTS) is 1. The summed E-state index contributed by atoms with van der Waals surface area (Å²) in [7, 11) is 1.89. The number of carbonyl (C=O) groups is 1. The first-order valence-corrected chi connectivity index (χ1v) is 7.47. The molecule has 0 spiro atoms. The smallest absolute Gasteiger partial charge is 0.309 e. The molecule has 0 aliphatic rings. The zero-order valence-corrected chi connectivity index (χ0v) is 12.6. The van der Waals surface area contributed by atoms with Gasteiger partial charge in [0.05, 0.1) is 18.7 Å². The van der Waals surface area contributed by atoms with E-state index in [0.717, 1.165) is 15.4 Å². The Bertz CT molecular complexity index is 598. The number of benzene rings is 1. The van der Waals surface area contributed by atoms with Crippen LogP contribution in [0.3, 0.4) is 0 Å². The lowest BCUT2D eigenvalue weighted by atomic mass is 10.2. The largest absolute Gasteiger partial charge is 0.481 e. The summed E-state index contributed by atoms with van der Waals surface area (Å²) in [5.74, 6) is -0.883. The van der Waals surface area contributed by atoms with Crippen molar-refractivity contribution in [2.75, 3.05) is 20.2 Å². The Kier molecular flexibility index (Phi) is 5.44. The monoisotopic (exact) mass is 306 g/mol. The zero-order valence-electron chi connectivity index (χ0n) is 11.8. The quantitative estimate of drug-likeness (QED) is 0.817. The van der Waals surface area contributed by atoms with Crippen LogP contribution in [0.2, 0.25) is 0 Å². The number of rotatable bonds is 7. The highest BCUT2D eigenvalue weighted by Crippen LogP contribution is 2.29. The second-order valence-corrected chi connectivity index (χ2v) is 5.87. The molecule has 6 heteroatoms. The summed E-state index contributed by atoms with van der Waals surface area (Å²) in [5, 5.41) is 18.8. The van der Waals surface area contributed by atoms with E-state index in [1.54, 1.807) is 0 Å². The molecule has 0 unspecified atom stereocenters. The number of nitrogens with zero attached hydrogens (tertiary/aromatic N) is 2. The molecule has 0 radical (unpaired) electrons. The summed E-state index contributed by atoms with van der Waals surface area (Å²) in [4.78, 5) is 18.4. The molecule has 0 saturated carbocycles. The Hall–Kier alpha value is -1.76. The number of aliphatic carboxylic acids is 1. The molecular formula is C15H18N2O3S. The average molecular weight is 306 g/mol. The van der Waals surface area contributed by atoms with Crippen LogP contribution in [0.4, 0.5) is 0 Å². The highest BCUT2D eigenvalue weighted by atomic mass is 32.1. The summed E-state index contributed by atoms with van der Waals surface area (Å²) >= 11 is 1.51. The fraction of sp³-hybridized carbons (Fsp3) is 0.333. The number of aromatic nitrogens is 1. The van der Waals surface area contributed by atoms with E-state index < -0.39 is 5.97 Å². The van der Waals surface area contributed by atoms with Crippen molar-refractivity contribution < 1.29 is 15.0 Å². The molecule has 0 amide bonds. The van der Waals surface area contributed by atoms with Crippen molar-refractivity contribution >= 4 is 17.3 Å². The van der Waals surface area contributed by atoms with Crippen LogP contribution >= 0.6 is 11.3 Å². The number of thiazole rings is 1. The van der Waals surface area contributed by atoms with Crippen molar-refractivity contribution in [3.05, 3.63) is 40.9 Å². The van der Waals surface area contributed by atoms with E-state index >= 15 is 0 Å². The van der Waals surface area contributed by atoms with Gasteiger partial charge in [0.15, 0.2) is 0 Å². The Morgan fingerprint density at radius 3 is 2.67 bits per heavy atom. The van der Waals surface area contributed by atoms with Gasteiger partial charge >= 0.3 is 5.97 Å². The number of aliphatic hydroxyl groups excluding tert-OH is 1. The zero-order chi connectivity index (χ0) is 15.2. The third-order valence-electron chi connectivity index (χ3n) is 3.01. The van der Waals surface area contributed by atoms with E-state index in [1.807, 2.05) is 42.3 Å². The molecule has 0 fully saturated rings. The maximum Gasteiger partial charge on any atom is 0.309 e. The predicted molar refractivity (Wildman–Crippen MR) is 82.3 cm³/mol. The molecule has 0 saturated heterocycles. The average Bonchev–Trinajstić information content (AvgIpc) is 2.82. The third kappa shape index (κ3) is 4.35. The lowest BCUT2D eigenvalue weighted by Crippen LogP contribution is -2.21. The second-order valence-electron chi connectivity index (χ2n) is 4.79.